The first-order chi connectivity index (χ1) is 11.2. The van der Waals surface area contributed by atoms with Crippen molar-refractivity contribution in [3.63, 3.8) is 0 Å². The standard InChI is InChI=1S/C18H17N3OS/c1-21-8-6-13(7-9-21)22-14-3-4-15-12(10-14)2-5-16-18(15)23-17(11-19)20-16/h2-5,10,13H,6-9H2,1H3. The first-order valence-corrected chi connectivity index (χ1v) is 8.63. The second kappa shape index (κ2) is 5.80. The van der Waals surface area contributed by atoms with Gasteiger partial charge in [-0.25, -0.2) is 4.98 Å². The van der Waals surface area contributed by atoms with Crippen LogP contribution in [0.4, 0.5) is 0 Å². The first-order valence-electron chi connectivity index (χ1n) is 7.81. The van der Waals surface area contributed by atoms with Gasteiger partial charge < -0.3 is 9.64 Å². The van der Waals surface area contributed by atoms with Crippen molar-refractivity contribution in [2.75, 3.05) is 20.1 Å². The number of benzene rings is 2. The quantitative estimate of drug-likeness (QED) is 0.720. The summed E-state index contributed by atoms with van der Waals surface area (Å²) >= 11 is 1.45. The number of hydrogen-bond acceptors (Lipinski definition) is 5. The number of nitrogens with zero attached hydrogens (tertiary/aromatic N) is 3. The van der Waals surface area contributed by atoms with Gasteiger partial charge in [0.25, 0.3) is 0 Å². The topological polar surface area (TPSA) is 49.1 Å². The third-order valence-corrected chi connectivity index (χ3v) is 5.41. The smallest absolute Gasteiger partial charge is 0.195 e. The molecule has 1 fully saturated rings. The Morgan fingerprint density at radius 3 is 2.87 bits per heavy atom. The van der Waals surface area contributed by atoms with E-state index in [1.807, 2.05) is 12.1 Å². The molecule has 2 heterocycles. The number of piperidine rings is 1. The first kappa shape index (κ1) is 14.4. The van der Waals surface area contributed by atoms with Crippen LogP contribution in [0, 0.1) is 11.3 Å². The number of hydrogen-bond donors (Lipinski definition) is 0. The van der Waals surface area contributed by atoms with Crippen LogP contribution in [0.25, 0.3) is 21.0 Å². The Kier molecular flexibility index (Phi) is 3.64. The SMILES string of the molecule is CN1CCC(Oc2ccc3c(ccc4nc(C#N)sc43)c2)CC1. The summed E-state index contributed by atoms with van der Waals surface area (Å²) in [7, 11) is 2.15. The van der Waals surface area contributed by atoms with Gasteiger partial charge in [-0.2, -0.15) is 5.26 Å². The van der Waals surface area contributed by atoms with Crippen molar-refractivity contribution in [2.24, 2.45) is 0 Å². The van der Waals surface area contributed by atoms with Crippen LogP contribution in [0.15, 0.2) is 30.3 Å². The Hall–Kier alpha value is -2.16. The maximum atomic E-state index is 9.03. The summed E-state index contributed by atoms with van der Waals surface area (Å²) in [6.07, 6.45) is 2.46. The molecule has 0 radical (unpaired) electrons. The minimum absolute atomic E-state index is 0.306. The molecule has 23 heavy (non-hydrogen) atoms. The van der Waals surface area contributed by atoms with Gasteiger partial charge in [0.2, 0.25) is 0 Å². The number of rotatable bonds is 2. The molecule has 0 aliphatic carbocycles. The number of fused-ring (bicyclic) bond motifs is 3. The molecule has 4 nitrogen and oxygen atoms in total. The maximum absolute atomic E-state index is 9.03. The van der Waals surface area contributed by atoms with E-state index in [2.05, 4.69) is 41.2 Å². The lowest BCUT2D eigenvalue weighted by atomic mass is 10.1. The molecule has 4 rings (SSSR count). The van der Waals surface area contributed by atoms with Gasteiger partial charge in [-0.3, -0.25) is 0 Å². The van der Waals surface area contributed by atoms with Gasteiger partial charge >= 0.3 is 0 Å². The largest absolute Gasteiger partial charge is 0.490 e. The van der Waals surface area contributed by atoms with Crippen LogP contribution < -0.4 is 4.74 Å². The summed E-state index contributed by atoms with van der Waals surface area (Å²) in [5.41, 5.74) is 0.892. The molecule has 1 aliphatic rings. The Balaban J connectivity index is 1.65. The molecule has 0 atom stereocenters. The third-order valence-electron chi connectivity index (χ3n) is 4.41. The number of ether oxygens (including phenoxy) is 1. The van der Waals surface area contributed by atoms with Crippen LogP contribution in [0.1, 0.15) is 17.8 Å². The molecule has 3 aromatic rings. The van der Waals surface area contributed by atoms with Crippen LogP contribution in [0.5, 0.6) is 5.75 Å². The molecule has 5 heteroatoms. The van der Waals surface area contributed by atoms with E-state index in [1.165, 1.54) is 11.3 Å². The fraction of sp³-hybridized carbons (Fsp3) is 0.333. The van der Waals surface area contributed by atoms with E-state index >= 15 is 0 Å². The predicted molar refractivity (Wildman–Crippen MR) is 93.0 cm³/mol. The molecule has 1 aromatic heterocycles. The predicted octanol–water partition coefficient (Wildman–Crippen LogP) is 3.79. The maximum Gasteiger partial charge on any atom is 0.195 e. The normalized spacial score (nSPS) is 16.7. The van der Waals surface area contributed by atoms with Gasteiger partial charge in [-0.15, -0.1) is 11.3 Å². The lowest BCUT2D eigenvalue weighted by Crippen LogP contribution is -2.35. The Bertz CT molecular complexity index is 904. The molecule has 0 unspecified atom stereocenters. The molecular formula is C18H17N3OS. The van der Waals surface area contributed by atoms with Crippen LogP contribution >= 0.6 is 11.3 Å². The molecule has 0 saturated carbocycles. The van der Waals surface area contributed by atoms with E-state index in [0.717, 1.165) is 52.7 Å². The highest BCUT2D eigenvalue weighted by molar-refractivity contribution is 7.20. The summed E-state index contributed by atoms with van der Waals surface area (Å²) in [5.74, 6) is 0.927. The zero-order valence-corrected chi connectivity index (χ0v) is 13.8. The van der Waals surface area contributed by atoms with E-state index < -0.39 is 0 Å². The average molecular weight is 323 g/mol. The van der Waals surface area contributed by atoms with Crippen molar-refractivity contribution in [1.82, 2.24) is 9.88 Å². The van der Waals surface area contributed by atoms with Gasteiger partial charge in [0.1, 0.15) is 17.9 Å². The molecule has 0 bridgehead atoms. The fourth-order valence-electron chi connectivity index (χ4n) is 3.11. The monoisotopic (exact) mass is 323 g/mol. The second-order valence-corrected chi connectivity index (χ2v) is 7.05. The molecule has 1 aliphatic heterocycles. The Morgan fingerprint density at radius 1 is 1.26 bits per heavy atom. The van der Waals surface area contributed by atoms with Crippen LogP contribution in [0.3, 0.4) is 0 Å². The number of likely N-dealkylation sites (tertiary alicyclic amines) is 1. The highest BCUT2D eigenvalue weighted by atomic mass is 32.1. The Labute approximate surface area is 138 Å². The minimum Gasteiger partial charge on any atom is -0.490 e. The lowest BCUT2D eigenvalue weighted by molar-refractivity contribution is 0.114. The molecular weight excluding hydrogens is 306 g/mol. The van der Waals surface area contributed by atoms with Crippen molar-refractivity contribution in [2.45, 2.75) is 18.9 Å². The number of nitriles is 1. The van der Waals surface area contributed by atoms with E-state index in [-0.39, 0.29) is 0 Å². The molecule has 0 N–H and O–H groups in total. The van der Waals surface area contributed by atoms with Crippen molar-refractivity contribution in [3.05, 3.63) is 35.3 Å². The molecule has 116 valence electrons. The summed E-state index contributed by atoms with van der Waals surface area (Å²) in [5, 5.41) is 11.8. The Morgan fingerprint density at radius 2 is 2.09 bits per heavy atom. The van der Waals surface area contributed by atoms with Crippen molar-refractivity contribution in [1.29, 1.82) is 5.26 Å². The fourth-order valence-corrected chi connectivity index (χ4v) is 4.01. The van der Waals surface area contributed by atoms with Gasteiger partial charge in [0.05, 0.1) is 10.2 Å². The van der Waals surface area contributed by atoms with E-state index in [4.69, 9.17) is 10.00 Å². The van der Waals surface area contributed by atoms with Gasteiger partial charge in [0.15, 0.2) is 5.01 Å². The molecule has 0 spiro atoms. The third kappa shape index (κ3) is 2.76. The van der Waals surface area contributed by atoms with E-state index in [9.17, 15) is 0 Å². The lowest BCUT2D eigenvalue weighted by Gasteiger charge is -2.29. The van der Waals surface area contributed by atoms with Gasteiger partial charge in [-0.05, 0) is 49.5 Å². The average Bonchev–Trinajstić information content (AvgIpc) is 3.00. The van der Waals surface area contributed by atoms with Gasteiger partial charge in [-0.1, -0.05) is 6.07 Å². The summed E-state index contributed by atoms with van der Waals surface area (Å²) in [6, 6.07) is 12.4. The molecule has 0 amide bonds. The molecule has 1 saturated heterocycles. The van der Waals surface area contributed by atoms with Crippen LogP contribution in [-0.2, 0) is 0 Å². The van der Waals surface area contributed by atoms with Crippen LogP contribution in [0.2, 0.25) is 0 Å². The van der Waals surface area contributed by atoms with Gasteiger partial charge in [0, 0.05) is 18.5 Å². The minimum atomic E-state index is 0.306. The summed E-state index contributed by atoms with van der Waals surface area (Å²) < 4.78 is 7.23. The van der Waals surface area contributed by atoms with E-state index in [0.29, 0.717) is 11.1 Å². The highest BCUT2D eigenvalue weighted by Gasteiger charge is 2.18. The van der Waals surface area contributed by atoms with E-state index in [1.54, 1.807) is 0 Å². The number of thiazole rings is 1. The highest BCUT2D eigenvalue weighted by Crippen LogP contribution is 2.32. The zero-order chi connectivity index (χ0) is 15.8. The zero-order valence-electron chi connectivity index (χ0n) is 13.0. The number of aromatic nitrogens is 1. The van der Waals surface area contributed by atoms with Crippen molar-refractivity contribution in [3.8, 4) is 11.8 Å². The van der Waals surface area contributed by atoms with Crippen molar-refractivity contribution < 1.29 is 4.74 Å². The molecule has 2 aromatic carbocycles. The second-order valence-electron chi connectivity index (χ2n) is 6.05. The summed E-state index contributed by atoms with van der Waals surface area (Å²) in [4.78, 5) is 6.67. The van der Waals surface area contributed by atoms with Crippen molar-refractivity contribution >= 4 is 32.3 Å². The summed E-state index contributed by atoms with van der Waals surface area (Å²) in [6.45, 7) is 2.19. The van der Waals surface area contributed by atoms with Crippen LogP contribution in [-0.4, -0.2) is 36.1 Å².